The van der Waals surface area contributed by atoms with Crippen LogP contribution in [-0.2, 0) is 16.1 Å². The van der Waals surface area contributed by atoms with E-state index in [2.05, 4.69) is 10.6 Å². The molecule has 0 unspecified atom stereocenters. The van der Waals surface area contributed by atoms with E-state index in [9.17, 15) is 4.79 Å². The van der Waals surface area contributed by atoms with Gasteiger partial charge in [0.2, 0.25) is 0 Å². The molecule has 0 aliphatic heterocycles. The second kappa shape index (κ2) is 9.34. The molecule has 0 radical (unpaired) electrons. The molecule has 112 valence electrons. The number of nitrogens with one attached hydrogen (secondary N) is 2. The van der Waals surface area contributed by atoms with Crippen molar-refractivity contribution in [2.75, 3.05) is 25.6 Å². The molecule has 0 aliphatic rings. The van der Waals surface area contributed by atoms with Crippen LogP contribution in [0.3, 0.4) is 0 Å². The normalized spacial score (nSPS) is 10.6. The van der Waals surface area contributed by atoms with Crippen LogP contribution in [0.2, 0.25) is 0 Å². The Bertz CT molecular complexity index is 408. The summed E-state index contributed by atoms with van der Waals surface area (Å²) in [5.74, 6) is 0. The lowest BCUT2D eigenvalue weighted by molar-refractivity contribution is 0.0657. The maximum atomic E-state index is 11.7. The zero-order chi connectivity index (χ0) is 14.8. The van der Waals surface area contributed by atoms with E-state index >= 15 is 0 Å². The Kier molecular flexibility index (Phi) is 7.69. The molecule has 0 bridgehead atoms. The maximum Gasteiger partial charge on any atom is 0.319 e. The summed E-state index contributed by atoms with van der Waals surface area (Å²) >= 11 is 0. The summed E-state index contributed by atoms with van der Waals surface area (Å²) in [6, 6.07) is 7.44. The van der Waals surface area contributed by atoms with Gasteiger partial charge in [-0.3, -0.25) is 0 Å². The lowest BCUT2D eigenvalue weighted by Crippen LogP contribution is -2.30. The molecule has 5 nitrogen and oxygen atoms in total. The molecule has 0 spiro atoms. The van der Waals surface area contributed by atoms with E-state index < -0.39 is 0 Å². The Balaban J connectivity index is 2.39. The molecule has 0 aliphatic carbocycles. The fourth-order valence-electron chi connectivity index (χ4n) is 1.60. The Hall–Kier alpha value is -1.59. The average Bonchev–Trinajstić information content (AvgIpc) is 2.42. The number of hydrogen-bond acceptors (Lipinski definition) is 3. The summed E-state index contributed by atoms with van der Waals surface area (Å²) in [6.45, 7) is 5.77. The summed E-state index contributed by atoms with van der Waals surface area (Å²) in [4.78, 5) is 11.7. The van der Waals surface area contributed by atoms with Crippen LogP contribution >= 0.6 is 0 Å². The molecular formula is C15H24N2O3. The lowest BCUT2D eigenvalue weighted by Gasteiger charge is -2.10. The number of methoxy groups -OCH3 is 1. The number of hydrogen-bond donors (Lipinski definition) is 2. The molecule has 0 saturated heterocycles. The molecule has 5 heteroatoms. The van der Waals surface area contributed by atoms with Crippen molar-refractivity contribution in [3.05, 3.63) is 29.8 Å². The quantitative estimate of drug-likeness (QED) is 0.720. The standard InChI is InChI=1S/C15H24N2O3/c1-12(2)20-11-13-6-4-7-14(10-13)17-15(18)16-8-5-9-19-3/h4,6-7,10,12H,5,8-9,11H2,1-3H3,(H2,16,17,18). The van der Waals surface area contributed by atoms with Gasteiger partial charge in [0.15, 0.2) is 0 Å². The van der Waals surface area contributed by atoms with Crippen molar-refractivity contribution >= 4 is 11.7 Å². The summed E-state index contributed by atoms with van der Waals surface area (Å²) in [5, 5.41) is 5.57. The van der Waals surface area contributed by atoms with Crippen LogP contribution in [0, 0.1) is 0 Å². The van der Waals surface area contributed by atoms with Gasteiger partial charge in [0.25, 0.3) is 0 Å². The number of rotatable bonds is 8. The van der Waals surface area contributed by atoms with E-state index in [0.717, 1.165) is 17.7 Å². The number of urea groups is 1. The summed E-state index contributed by atoms with van der Waals surface area (Å²) < 4.78 is 10.5. The van der Waals surface area contributed by atoms with Gasteiger partial charge < -0.3 is 20.1 Å². The minimum absolute atomic E-state index is 0.190. The van der Waals surface area contributed by atoms with Crippen molar-refractivity contribution in [3.8, 4) is 0 Å². The third kappa shape index (κ3) is 7.11. The van der Waals surface area contributed by atoms with E-state index in [1.165, 1.54) is 0 Å². The Morgan fingerprint density at radius 1 is 1.35 bits per heavy atom. The first-order valence-electron chi connectivity index (χ1n) is 6.86. The molecule has 1 aromatic carbocycles. The fourth-order valence-corrected chi connectivity index (χ4v) is 1.60. The fraction of sp³-hybridized carbons (Fsp3) is 0.533. The molecule has 1 aromatic rings. The zero-order valence-electron chi connectivity index (χ0n) is 12.4. The largest absolute Gasteiger partial charge is 0.385 e. The minimum Gasteiger partial charge on any atom is -0.385 e. The molecule has 1 rings (SSSR count). The average molecular weight is 280 g/mol. The van der Waals surface area contributed by atoms with Gasteiger partial charge in [-0.15, -0.1) is 0 Å². The zero-order valence-corrected chi connectivity index (χ0v) is 12.4. The van der Waals surface area contributed by atoms with Gasteiger partial charge in [-0.05, 0) is 38.0 Å². The molecule has 0 saturated carbocycles. The molecule has 0 aromatic heterocycles. The van der Waals surface area contributed by atoms with Gasteiger partial charge in [0, 0.05) is 25.9 Å². The number of amides is 2. The predicted octanol–water partition coefficient (Wildman–Crippen LogP) is 2.77. The third-order valence-electron chi connectivity index (χ3n) is 2.58. The van der Waals surface area contributed by atoms with Gasteiger partial charge in [-0.1, -0.05) is 12.1 Å². The van der Waals surface area contributed by atoms with Crippen molar-refractivity contribution in [2.24, 2.45) is 0 Å². The number of carbonyl (C=O) groups is 1. The predicted molar refractivity (Wildman–Crippen MR) is 79.9 cm³/mol. The van der Waals surface area contributed by atoms with Crippen LogP contribution in [0.5, 0.6) is 0 Å². The summed E-state index contributed by atoms with van der Waals surface area (Å²) in [7, 11) is 1.64. The van der Waals surface area contributed by atoms with E-state index in [1.807, 2.05) is 38.1 Å². The topological polar surface area (TPSA) is 59.6 Å². The minimum atomic E-state index is -0.206. The maximum absolute atomic E-state index is 11.7. The molecule has 2 N–H and O–H groups in total. The van der Waals surface area contributed by atoms with Crippen molar-refractivity contribution in [3.63, 3.8) is 0 Å². The van der Waals surface area contributed by atoms with Gasteiger partial charge in [0.05, 0.1) is 12.7 Å². The van der Waals surface area contributed by atoms with Crippen molar-refractivity contribution in [1.29, 1.82) is 0 Å². The third-order valence-corrected chi connectivity index (χ3v) is 2.58. The Labute approximate surface area is 120 Å². The SMILES string of the molecule is COCCCNC(=O)Nc1cccc(COC(C)C)c1. The second-order valence-electron chi connectivity index (χ2n) is 4.79. The number of ether oxygens (including phenoxy) is 2. The lowest BCUT2D eigenvalue weighted by atomic mass is 10.2. The van der Waals surface area contributed by atoms with Gasteiger partial charge >= 0.3 is 6.03 Å². The summed E-state index contributed by atoms with van der Waals surface area (Å²) in [6.07, 6.45) is 0.988. The van der Waals surface area contributed by atoms with Gasteiger partial charge in [-0.2, -0.15) is 0 Å². The van der Waals surface area contributed by atoms with Crippen LogP contribution in [0.25, 0.3) is 0 Å². The molecule has 2 amide bonds. The number of anilines is 1. The molecule has 0 heterocycles. The van der Waals surface area contributed by atoms with Crippen LogP contribution < -0.4 is 10.6 Å². The smallest absolute Gasteiger partial charge is 0.319 e. The van der Waals surface area contributed by atoms with Crippen LogP contribution in [0.4, 0.5) is 10.5 Å². The second-order valence-corrected chi connectivity index (χ2v) is 4.79. The first kappa shape index (κ1) is 16.5. The monoisotopic (exact) mass is 280 g/mol. The van der Waals surface area contributed by atoms with E-state index in [1.54, 1.807) is 7.11 Å². The van der Waals surface area contributed by atoms with E-state index in [4.69, 9.17) is 9.47 Å². The highest BCUT2D eigenvalue weighted by molar-refractivity contribution is 5.89. The highest BCUT2D eigenvalue weighted by atomic mass is 16.5. The van der Waals surface area contributed by atoms with Crippen LogP contribution in [0.1, 0.15) is 25.8 Å². The van der Waals surface area contributed by atoms with Gasteiger partial charge in [-0.25, -0.2) is 4.79 Å². The summed E-state index contributed by atoms with van der Waals surface area (Å²) in [5.41, 5.74) is 1.80. The van der Waals surface area contributed by atoms with E-state index in [0.29, 0.717) is 19.8 Å². The first-order chi connectivity index (χ1) is 9.61. The van der Waals surface area contributed by atoms with Gasteiger partial charge in [0.1, 0.15) is 0 Å². The Morgan fingerprint density at radius 2 is 2.15 bits per heavy atom. The number of benzene rings is 1. The number of carbonyl (C=O) groups excluding carboxylic acids is 1. The Morgan fingerprint density at radius 3 is 2.85 bits per heavy atom. The van der Waals surface area contributed by atoms with Crippen molar-refractivity contribution in [2.45, 2.75) is 33.0 Å². The van der Waals surface area contributed by atoms with Crippen LogP contribution in [-0.4, -0.2) is 32.4 Å². The molecule has 20 heavy (non-hydrogen) atoms. The highest BCUT2D eigenvalue weighted by Gasteiger charge is 2.02. The highest BCUT2D eigenvalue weighted by Crippen LogP contribution is 2.12. The molecule has 0 atom stereocenters. The van der Waals surface area contributed by atoms with Crippen molar-refractivity contribution < 1.29 is 14.3 Å². The van der Waals surface area contributed by atoms with Crippen LogP contribution in [0.15, 0.2) is 24.3 Å². The first-order valence-corrected chi connectivity index (χ1v) is 6.86. The molecule has 0 fully saturated rings. The molecular weight excluding hydrogens is 256 g/mol. The van der Waals surface area contributed by atoms with E-state index in [-0.39, 0.29) is 12.1 Å². The van der Waals surface area contributed by atoms with Crippen molar-refractivity contribution in [1.82, 2.24) is 5.32 Å².